The molecule has 5 nitrogen and oxygen atoms in total. The molecule has 0 fully saturated rings. The topological polar surface area (TPSA) is 74.6 Å². The van der Waals surface area contributed by atoms with E-state index in [1.165, 1.54) is 11.3 Å². The first kappa shape index (κ1) is 14.2. The van der Waals surface area contributed by atoms with Gasteiger partial charge in [-0.1, -0.05) is 53.8 Å². The number of para-hydroxylation sites is 1. The monoisotopic (exact) mass is 311 g/mol. The van der Waals surface area contributed by atoms with Gasteiger partial charge in [-0.3, -0.25) is 5.43 Å². The highest BCUT2D eigenvalue weighted by atomic mass is 32.1. The maximum Gasteiger partial charge on any atom is 0.352 e. The minimum Gasteiger partial charge on any atom is -0.477 e. The van der Waals surface area contributed by atoms with Gasteiger partial charge in [0.05, 0.1) is 10.2 Å². The highest BCUT2D eigenvalue weighted by Gasteiger charge is 2.11. The summed E-state index contributed by atoms with van der Waals surface area (Å²) >= 11 is 1.44. The Kier molecular flexibility index (Phi) is 4.11. The molecule has 0 aliphatic heterocycles. The molecule has 3 rings (SSSR count). The van der Waals surface area contributed by atoms with Crippen molar-refractivity contribution in [1.82, 2.24) is 4.98 Å². The fraction of sp³-hybridized carbons (Fsp3) is 0.0625. The number of anilines is 1. The maximum atomic E-state index is 11.3. The van der Waals surface area contributed by atoms with E-state index >= 15 is 0 Å². The van der Waals surface area contributed by atoms with E-state index in [1.807, 2.05) is 54.6 Å². The number of aliphatic carboxylic acids is 1. The van der Waals surface area contributed by atoms with E-state index in [0.29, 0.717) is 5.13 Å². The molecule has 0 spiro atoms. The normalized spacial score (nSPS) is 11.5. The molecular weight excluding hydrogens is 298 g/mol. The summed E-state index contributed by atoms with van der Waals surface area (Å²) in [5, 5.41) is 13.8. The largest absolute Gasteiger partial charge is 0.477 e. The van der Waals surface area contributed by atoms with Gasteiger partial charge >= 0.3 is 5.97 Å². The van der Waals surface area contributed by atoms with Crippen molar-refractivity contribution in [2.75, 3.05) is 5.43 Å². The van der Waals surface area contributed by atoms with E-state index in [4.69, 9.17) is 0 Å². The summed E-state index contributed by atoms with van der Waals surface area (Å²) < 4.78 is 1.03. The van der Waals surface area contributed by atoms with Gasteiger partial charge in [0.15, 0.2) is 0 Å². The molecule has 0 saturated carbocycles. The zero-order valence-corrected chi connectivity index (χ0v) is 12.4. The van der Waals surface area contributed by atoms with Crippen molar-refractivity contribution in [3.8, 4) is 0 Å². The van der Waals surface area contributed by atoms with Crippen LogP contribution in [0, 0.1) is 0 Å². The second-order valence-corrected chi connectivity index (χ2v) is 5.66. The number of hydrazone groups is 1. The predicted octanol–water partition coefficient (Wildman–Crippen LogP) is 3.39. The number of hydrogen-bond acceptors (Lipinski definition) is 5. The van der Waals surface area contributed by atoms with Crippen LogP contribution in [0.2, 0.25) is 0 Å². The number of carbonyl (C=O) groups is 1. The molecule has 2 N–H and O–H groups in total. The zero-order valence-electron chi connectivity index (χ0n) is 11.6. The Bertz CT molecular complexity index is 795. The van der Waals surface area contributed by atoms with Crippen LogP contribution in [-0.2, 0) is 11.2 Å². The van der Waals surface area contributed by atoms with E-state index in [-0.39, 0.29) is 12.1 Å². The van der Waals surface area contributed by atoms with E-state index in [0.717, 1.165) is 15.8 Å². The first-order valence-electron chi connectivity index (χ1n) is 6.68. The average Bonchev–Trinajstić information content (AvgIpc) is 2.95. The van der Waals surface area contributed by atoms with Crippen molar-refractivity contribution in [3.05, 3.63) is 60.2 Å². The van der Waals surface area contributed by atoms with Gasteiger partial charge in [-0.15, -0.1) is 0 Å². The lowest BCUT2D eigenvalue weighted by Gasteiger charge is -2.02. The summed E-state index contributed by atoms with van der Waals surface area (Å²) in [6.45, 7) is 0. The SMILES string of the molecule is O=C(O)/C(Cc1ccccc1)=N/Nc1nc2ccccc2s1. The molecule has 110 valence electrons. The quantitative estimate of drug-likeness (QED) is 0.559. The fourth-order valence-corrected chi connectivity index (χ4v) is 2.80. The molecule has 3 aromatic rings. The number of carboxylic acids is 1. The van der Waals surface area contributed by atoms with Crippen LogP contribution >= 0.6 is 11.3 Å². The molecular formula is C16H13N3O2S. The van der Waals surface area contributed by atoms with Crippen molar-refractivity contribution >= 4 is 38.4 Å². The molecule has 0 bridgehead atoms. The fourth-order valence-electron chi connectivity index (χ4n) is 1.99. The van der Waals surface area contributed by atoms with Gasteiger partial charge in [-0.2, -0.15) is 5.10 Å². The standard InChI is InChI=1S/C16H13N3O2S/c20-15(21)13(10-11-6-2-1-3-7-11)18-19-16-17-12-8-4-5-9-14(12)22-16/h1-9H,10H2,(H,17,19)(H,20,21)/b18-13+. The Hall–Kier alpha value is -2.73. The number of thiazole rings is 1. The summed E-state index contributed by atoms with van der Waals surface area (Å²) in [4.78, 5) is 15.7. The third kappa shape index (κ3) is 3.29. The Morgan fingerprint density at radius 3 is 2.59 bits per heavy atom. The Morgan fingerprint density at radius 1 is 1.14 bits per heavy atom. The Labute approximate surface area is 130 Å². The lowest BCUT2D eigenvalue weighted by molar-refractivity contribution is -0.129. The molecule has 0 aliphatic rings. The Balaban J connectivity index is 1.79. The minimum atomic E-state index is -1.04. The van der Waals surface area contributed by atoms with Gasteiger partial charge < -0.3 is 5.11 Å². The van der Waals surface area contributed by atoms with E-state index in [9.17, 15) is 9.90 Å². The molecule has 0 amide bonds. The van der Waals surface area contributed by atoms with Crippen molar-refractivity contribution in [2.24, 2.45) is 5.10 Å². The molecule has 1 heterocycles. The van der Waals surface area contributed by atoms with Crippen molar-refractivity contribution in [1.29, 1.82) is 0 Å². The summed E-state index contributed by atoms with van der Waals surface area (Å²) in [5.41, 5.74) is 4.56. The molecule has 0 atom stereocenters. The van der Waals surface area contributed by atoms with Crippen LogP contribution in [-0.4, -0.2) is 21.8 Å². The molecule has 0 aliphatic carbocycles. The molecule has 1 aromatic heterocycles. The lowest BCUT2D eigenvalue weighted by atomic mass is 10.1. The highest BCUT2D eigenvalue weighted by molar-refractivity contribution is 7.22. The minimum absolute atomic E-state index is 0.0467. The first-order valence-corrected chi connectivity index (χ1v) is 7.49. The summed E-state index contributed by atoms with van der Waals surface area (Å²) in [6.07, 6.45) is 0.258. The number of nitrogens with zero attached hydrogens (tertiary/aromatic N) is 2. The smallest absolute Gasteiger partial charge is 0.352 e. The molecule has 22 heavy (non-hydrogen) atoms. The van der Waals surface area contributed by atoms with Crippen LogP contribution < -0.4 is 5.43 Å². The summed E-state index contributed by atoms with van der Waals surface area (Å²) in [6, 6.07) is 17.1. The van der Waals surface area contributed by atoms with E-state index in [1.54, 1.807) is 0 Å². The molecule has 0 saturated heterocycles. The van der Waals surface area contributed by atoms with Crippen molar-refractivity contribution in [3.63, 3.8) is 0 Å². The second kappa shape index (κ2) is 6.36. The number of benzene rings is 2. The van der Waals surface area contributed by atoms with Gasteiger partial charge in [0, 0.05) is 6.42 Å². The molecule has 0 radical (unpaired) electrons. The summed E-state index contributed by atoms with van der Waals surface area (Å²) in [5.74, 6) is -1.04. The van der Waals surface area contributed by atoms with Crippen molar-refractivity contribution < 1.29 is 9.90 Å². The van der Waals surface area contributed by atoms with Gasteiger partial charge in [0.2, 0.25) is 5.13 Å². The third-order valence-electron chi connectivity index (χ3n) is 3.04. The first-order chi connectivity index (χ1) is 10.7. The van der Waals surface area contributed by atoms with Crippen molar-refractivity contribution in [2.45, 2.75) is 6.42 Å². The summed E-state index contributed by atoms with van der Waals surface area (Å²) in [7, 11) is 0. The number of rotatable bonds is 5. The van der Waals surface area contributed by atoms with E-state index in [2.05, 4.69) is 15.5 Å². The second-order valence-electron chi connectivity index (χ2n) is 4.62. The van der Waals surface area contributed by atoms with Crippen LogP contribution in [0.3, 0.4) is 0 Å². The average molecular weight is 311 g/mol. The predicted molar refractivity (Wildman–Crippen MR) is 88.5 cm³/mol. The third-order valence-corrected chi connectivity index (χ3v) is 3.98. The number of carboxylic acid groups (broad SMARTS) is 1. The number of aromatic nitrogens is 1. The molecule has 0 unspecified atom stereocenters. The van der Waals surface area contributed by atoms with Gasteiger partial charge in [0.1, 0.15) is 5.71 Å². The molecule has 6 heteroatoms. The maximum absolute atomic E-state index is 11.3. The number of hydrogen-bond donors (Lipinski definition) is 2. The Morgan fingerprint density at radius 2 is 1.86 bits per heavy atom. The number of nitrogens with one attached hydrogen (secondary N) is 1. The van der Waals surface area contributed by atoms with E-state index < -0.39 is 5.97 Å². The van der Waals surface area contributed by atoms with Crippen LogP contribution in [0.4, 0.5) is 5.13 Å². The molecule has 2 aromatic carbocycles. The van der Waals surface area contributed by atoms with Crippen LogP contribution in [0.5, 0.6) is 0 Å². The lowest BCUT2D eigenvalue weighted by Crippen LogP contribution is -2.17. The van der Waals surface area contributed by atoms with Crippen LogP contribution in [0.15, 0.2) is 59.7 Å². The van der Waals surface area contributed by atoms with Gasteiger partial charge in [-0.05, 0) is 17.7 Å². The van der Waals surface area contributed by atoms with Crippen LogP contribution in [0.25, 0.3) is 10.2 Å². The van der Waals surface area contributed by atoms with Gasteiger partial charge in [-0.25, -0.2) is 9.78 Å². The zero-order chi connectivity index (χ0) is 15.4. The highest BCUT2D eigenvalue weighted by Crippen LogP contribution is 2.25. The van der Waals surface area contributed by atoms with Crippen LogP contribution in [0.1, 0.15) is 5.56 Å². The number of fused-ring (bicyclic) bond motifs is 1. The van der Waals surface area contributed by atoms with Gasteiger partial charge in [0.25, 0.3) is 0 Å².